The van der Waals surface area contributed by atoms with Crippen molar-refractivity contribution in [3.05, 3.63) is 65.3 Å². The van der Waals surface area contributed by atoms with Crippen LogP contribution in [0.5, 0.6) is 0 Å². The van der Waals surface area contributed by atoms with Crippen molar-refractivity contribution in [3.63, 3.8) is 0 Å². The maximum atomic E-state index is 13.3. The van der Waals surface area contributed by atoms with Gasteiger partial charge >= 0.3 is 6.09 Å². The van der Waals surface area contributed by atoms with Crippen LogP contribution in [0.4, 0.5) is 21.4 Å². The van der Waals surface area contributed by atoms with E-state index < -0.39 is 11.7 Å². The molecule has 4 aromatic rings. The van der Waals surface area contributed by atoms with E-state index in [1.807, 2.05) is 30.3 Å². The smallest absolute Gasteiger partial charge is 0.413 e. The summed E-state index contributed by atoms with van der Waals surface area (Å²) in [6.45, 7) is 8.28. The van der Waals surface area contributed by atoms with Crippen molar-refractivity contribution < 1.29 is 19.1 Å². The molecule has 3 heterocycles. The molecule has 1 aliphatic rings. The Morgan fingerprint density at radius 1 is 1.08 bits per heavy atom. The van der Waals surface area contributed by atoms with Crippen molar-refractivity contribution >= 4 is 61.8 Å². The molecule has 2 amide bonds. The fourth-order valence-corrected chi connectivity index (χ4v) is 5.23. The van der Waals surface area contributed by atoms with Gasteiger partial charge in [-0.2, -0.15) is 0 Å². The molecule has 202 valence electrons. The van der Waals surface area contributed by atoms with Crippen LogP contribution in [0.15, 0.2) is 54.7 Å². The van der Waals surface area contributed by atoms with Gasteiger partial charge in [0.25, 0.3) is 5.91 Å². The van der Waals surface area contributed by atoms with Crippen molar-refractivity contribution in [1.29, 1.82) is 0 Å². The van der Waals surface area contributed by atoms with E-state index in [9.17, 15) is 9.59 Å². The number of amides is 2. The Balaban J connectivity index is 1.44. The Kier molecular flexibility index (Phi) is 7.69. The molecule has 2 aromatic carbocycles. The fourth-order valence-electron chi connectivity index (χ4n) is 4.12. The predicted molar refractivity (Wildman–Crippen MR) is 155 cm³/mol. The Bertz CT molecular complexity index is 1510. The Morgan fingerprint density at radius 2 is 1.87 bits per heavy atom. The summed E-state index contributed by atoms with van der Waals surface area (Å²) < 4.78 is 11.5. The average Bonchev–Trinajstić information content (AvgIpc) is 3.30. The number of carbonyl (C=O) groups excluding carboxylic acids is 2. The minimum Gasteiger partial charge on any atom is -0.444 e. The number of halogens is 1. The number of nitrogens with zero attached hydrogens (tertiary/aromatic N) is 3. The molecular formula is C28H28ClN5O4S. The van der Waals surface area contributed by atoms with Gasteiger partial charge in [-0.3, -0.25) is 10.1 Å². The second-order valence-electron chi connectivity index (χ2n) is 9.99. The number of nitrogens with one attached hydrogen (secondary N) is 2. The molecule has 0 radical (unpaired) electrons. The maximum absolute atomic E-state index is 13.3. The van der Waals surface area contributed by atoms with E-state index >= 15 is 0 Å². The third-order valence-electron chi connectivity index (χ3n) is 5.84. The van der Waals surface area contributed by atoms with Crippen LogP contribution in [-0.4, -0.2) is 53.9 Å². The zero-order valence-corrected chi connectivity index (χ0v) is 23.4. The van der Waals surface area contributed by atoms with Crippen molar-refractivity contribution in [1.82, 2.24) is 9.97 Å². The van der Waals surface area contributed by atoms with Crippen molar-refractivity contribution in [2.75, 3.05) is 41.8 Å². The lowest BCUT2D eigenvalue weighted by Crippen LogP contribution is -2.36. The number of thiazole rings is 1. The van der Waals surface area contributed by atoms with Crippen LogP contribution in [0.25, 0.3) is 21.3 Å². The van der Waals surface area contributed by atoms with Gasteiger partial charge in [0, 0.05) is 29.2 Å². The van der Waals surface area contributed by atoms with Crippen LogP contribution in [0.2, 0.25) is 5.02 Å². The normalized spacial score (nSPS) is 13.8. The number of aromatic nitrogens is 2. The van der Waals surface area contributed by atoms with E-state index in [4.69, 9.17) is 21.1 Å². The van der Waals surface area contributed by atoms with Gasteiger partial charge in [0.1, 0.15) is 11.4 Å². The molecule has 1 fully saturated rings. The quantitative estimate of drug-likeness (QED) is 0.286. The maximum Gasteiger partial charge on any atom is 0.413 e. The van der Waals surface area contributed by atoms with Crippen molar-refractivity contribution in [2.45, 2.75) is 26.4 Å². The van der Waals surface area contributed by atoms with Crippen LogP contribution in [0, 0.1) is 0 Å². The van der Waals surface area contributed by atoms with Gasteiger partial charge < -0.3 is 19.7 Å². The number of carbonyl (C=O) groups is 2. The van der Waals surface area contributed by atoms with E-state index in [0.717, 1.165) is 34.7 Å². The van der Waals surface area contributed by atoms with Gasteiger partial charge in [-0.1, -0.05) is 35.1 Å². The highest BCUT2D eigenvalue weighted by molar-refractivity contribution is 7.22. The highest BCUT2D eigenvalue weighted by atomic mass is 35.5. The number of ether oxygens (including phenoxy) is 2. The number of anilines is 3. The number of benzene rings is 2. The van der Waals surface area contributed by atoms with Crippen LogP contribution in [-0.2, 0) is 9.47 Å². The van der Waals surface area contributed by atoms with Crippen LogP contribution in [0.1, 0.15) is 31.1 Å². The molecule has 2 N–H and O–H groups in total. The highest BCUT2D eigenvalue weighted by Gasteiger charge is 2.20. The average molecular weight is 566 g/mol. The standard InChI is InChI=1S/C28H28ClN5O4S/c1-28(2,3)38-27(36)33-26-32-24-21(17-5-4-6-19(29)13-17)14-18(15-22(24)39-26)25(35)31-20-7-8-23(30-16-20)34-9-11-37-12-10-34/h4-8,13-16H,9-12H2,1-3H3,(H,31,35)(H,32,33,36). The monoisotopic (exact) mass is 565 g/mol. The molecule has 0 bridgehead atoms. The van der Waals surface area contributed by atoms with E-state index in [0.29, 0.717) is 40.1 Å². The second-order valence-corrected chi connectivity index (χ2v) is 11.5. The first-order valence-corrected chi connectivity index (χ1v) is 13.6. The van der Waals surface area contributed by atoms with Crippen LogP contribution < -0.4 is 15.5 Å². The number of hydrogen-bond acceptors (Lipinski definition) is 8. The van der Waals surface area contributed by atoms with Crippen LogP contribution >= 0.6 is 22.9 Å². The topological polar surface area (TPSA) is 106 Å². The summed E-state index contributed by atoms with van der Waals surface area (Å²) in [6, 6.07) is 14.6. The highest BCUT2D eigenvalue weighted by Crippen LogP contribution is 2.36. The Labute approximate surface area is 235 Å². The largest absolute Gasteiger partial charge is 0.444 e. The predicted octanol–water partition coefficient (Wildman–Crippen LogP) is 6.45. The summed E-state index contributed by atoms with van der Waals surface area (Å²) in [4.78, 5) is 37.0. The molecule has 2 aromatic heterocycles. The molecule has 11 heteroatoms. The molecule has 5 rings (SSSR count). The van der Waals surface area contributed by atoms with E-state index in [-0.39, 0.29) is 5.91 Å². The lowest BCUT2D eigenvalue weighted by molar-refractivity contribution is 0.0635. The summed E-state index contributed by atoms with van der Waals surface area (Å²) in [5.74, 6) is 0.548. The summed E-state index contributed by atoms with van der Waals surface area (Å²) in [5.41, 5.74) is 2.52. The minimum atomic E-state index is -0.646. The van der Waals surface area contributed by atoms with E-state index in [1.165, 1.54) is 11.3 Å². The van der Waals surface area contributed by atoms with Gasteiger partial charge in [0.05, 0.1) is 35.3 Å². The van der Waals surface area contributed by atoms with Crippen molar-refractivity contribution in [2.24, 2.45) is 0 Å². The van der Waals surface area contributed by atoms with E-state index in [2.05, 4.69) is 25.5 Å². The number of rotatable bonds is 5. The first-order valence-electron chi connectivity index (χ1n) is 12.5. The molecule has 0 spiro atoms. The Morgan fingerprint density at radius 3 is 2.56 bits per heavy atom. The molecule has 1 aliphatic heterocycles. The third-order valence-corrected chi connectivity index (χ3v) is 6.99. The Hall–Kier alpha value is -3.73. The number of pyridine rings is 1. The summed E-state index contributed by atoms with van der Waals surface area (Å²) in [6.07, 6.45) is 1.05. The lowest BCUT2D eigenvalue weighted by Gasteiger charge is -2.27. The number of hydrogen-bond donors (Lipinski definition) is 2. The summed E-state index contributed by atoms with van der Waals surface area (Å²) in [5, 5.41) is 6.55. The SMILES string of the molecule is CC(C)(C)OC(=O)Nc1nc2c(-c3cccc(Cl)c3)cc(C(=O)Nc3ccc(N4CCOCC4)nc3)cc2s1. The van der Waals surface area contributed by atoms with Gasteiger partial charge in [-0.15, -0.1) is 0 Å². The number of fused-ring (bicyclic) bond motifs is 1. The number of morpholine rings is 1. The molecular weight excluding hydrogens is 538 g/mol. The molecule has 0 unspecified atom stereocenters. The lowest BCUT2D eigenvalue weighted by atomic mass is 10.0. The molecule has 0 aliphatic carbocycles. The van der Waals surface area contributed by atoms with Crippen molar-refractivity contribution in [3.8, 4) is 11.1 Å². The molecule has 0 saturated carbocycles. The first kappa shape index (κ1) is 26.9. The van der Waals surface area contributed by atoms with E-state index in [1.54, 1.807) is 45.2 Å². The first-order chi connectivity index (χ1) is 18.6. The zero-order chi connectivity index (χ0) is 27.6. The third kappa shape index (κ3) is 6.65. The zero-order valence-electron chi connectivity index (χ0n) is 21.8. The van der Waals surface area contributed by atoms with Gasteiger partial charge in [0.15, 0.2) is 5.13 Å². The second kappa shape index (κ2) is 11.2. The summed E-state index contributed by atoms with van der Waals surface area (Å²) >= 11 is 7.53. The molecule has 0 atom stereocenters. The molecule has 9 nitrogen and oxygen atoms in total. The minimum absolute atomic E-state index is 0.295. The fraction of sp³-hybridized carbons (Fsp3) is 0.286. The molecule has 39 heavy (non-hydrogen) atoms. The van der Waals surface area contributed by atoms with Gasteiger partial charge in [-0.25, -0.2) is 14.8 Å². The summed E-state index contributed by atoms with van der Waals surface area (Å²) in [7, 11) is 0. The van der Waals surface area contributed by atoms with Gasteiger partial charge in [0.2, 0.25) is 0 Å². The molecule has 1 saturated heterocycles. The van der Waals surface area contributed by atoms with Crippen LogP contribution in [0.3, 0.4) is 0 Å². The van der Waals surface area contributed by atoms with Gasteiger partial charge in [-0.05, 0) is 62.7 Å².